The van der Waals surface area contributed by atoms with Crippen LogP contribution in [0, 0.1) is 0 Å². The number of rotatable bonds is 6. The maximum atomic E-state index is 11.2. The molecule has 18 heavy (non-hydrogen) atoms. The highest BCUT2D eigenvalue weighted by molar-refractivity contribution is 9.10. The van der Waals surface area contributed by atoms with Gasteiger partial charge in [-0.25, -0.2) is 0 Å². The maximum Gasteiger partial charge on any atom is 0.159 e. The Hall–Kier alpha value is -0.870. The summed E-state index contributed by atoms with van der Waals surface area (Å²) < 4.78 is 11.8. The second kappa shape index (κ2) is 6.34. The Morgan fingerprint density at radius 1 is 1.39 bits per heavy atom. The predicted octanol–water partition coefficient (Wildman–Crippen LogP) is 3.85. The molecule has 0 atom stereocenters. The largest absolute Gasteiger partial charge is 0.492 e. The van der Waals surface area contributed by atoms with E-state index >= 15 is 0 Å². The van der Waals surface area contributed by atoms with Crippen LogP contribution in [0.25, 0.3) is 0 Å². The van der Waals surface area contributed by atoms with Gasteiger partial charge in [0, 0.05) is 19.1 Å². The Morgan fingerprint density at radius 2 is 2.06 bits per heavy atom. The molecule has 0 aliphatic rings. The summed E-state index contributed by atoms with van der Waals surface area (Å²) >= 11 is 3.40. The molecule has 0 heterocycles. The molecule has 0 unspecified atom stereocenters. The molecule has 100 valence electrons. The van der Waals surface area contributed by atoms with Crippen LogP contribution in [0.3, 0.4) is 0 Å². The van der Waals surface area contributed by atoms with Crippen molar-refractivity contribution in [3.05, 3.63) is 28.2 Å². The molecule has 1 rings (SSSR count). The number of hydrogen-bond acceptors (Lipinski definition) is 3. The fraction of sp³-hybridized carbons (Fsp3) is 0.500. The first-order valence-corrected chi connectivity index (χ1v) is 6.63. The number of benzene rings is 1. The van der Waals surface area contributed by atoms with E-state index in [9.17, 15) is 4.79 Å². The molecule has 1 aromatic rings. The van der Waals surface area contributed by atoms with Crippen molar-refractivity contribution in [2.24, 2.45) is 0 Å². The zero-order valence-electron chi connectivity index (χ0n) is 11.2. The van der Waals surface area contributed by atoms with Crippen LogP contribution in [0.15, 0.2) is 22.7 Å². The van der Waals surface area contributed by atoms with E-state index < -0.39 is 0 Å². The molecule has 0 saturated heterocycles. The quantitative estimate of drug-likeness (QED) is 0.748. The van der Waals surface area contributed by atoms with E-state index in [2.05, 4.69) is 15.9 Å². The lowest BCUT2D eigenvalue weighted by Gasteiger charge is -2.22. The molecule has 0 saturated carbocycles. The maximum absolute atomic E-state index is 11.2. The van der Waals surface area contributed by atoms with Gasteiger partial charge in [0.1, 0.15) is 5.75 Å². The first-order valence-electron chi connectivity index (χ1n) is 5.84. The first-order chi connectivity index (χ1) is 8.35. The number of carbonyl (C=O) groups excluding carboxylic acids is 1. The van der Waals surface area contributed by atoms with Gasteiger partial charge in [0.25, 0.3) is 0 Å². The molecule has 0 aliphatic heterocycles. The van der Waals surface area contributed by atoms with Crippen LogP contribution in [-0.2, 0) is 4.74 Å². The monoisotopic (exact) mass is 314 g/mol. The lowest BCUT2D eigenvalue weighted by atomic mass is 10.1. The zero-order chi connectivity index (χ0) is 13.8. The summed E-state index contributed by atoms with van der Waals surface area (Å²) in [5.74, 6) is 0.787. The highest BCUT2D eigenvalue weighted by atomic mass is 79.9. The summed E-state index contributed by atoms with van der Waals surface area (Å²) in [6.07, 6.45) is 0.796. The highest BCUT2D eigenvalue weighted by Crippen LogP contribution is 2.27. The molecule has 1 aromatic carbocycles. The van der Waals surface area contributed by atoms with Crippen LogP contribution in [0.2, 0.25) is 0 Å². The third-order valence-corrected chi connectivity index (χ3v) is 3.47. The molecular formula is C14H19BrO3. The molecule has 4 heteroatoms. The number of methoxy groups -OCH3 is 1. The van der Waals surface area contributed by atoms with Crippen molar-refractivity contribution in [3.63, 3.8) is 0 Å². The summed E-state index contributed by atoms with van der Waals surface area (Å²) in [7, 11) is 1.69. The number of ketones is 1. The molecule has 0 aliphatic carbocycles. The zero-order valence-corrected chi connectivity index (χ0v) is 12.8. The van der Waals surface area contributed by atoms with Crippen LogP contribution >= 0.6 is 15.9 Å². The number of carbonyl (C=O) groups is 1. The molecule has 0 aromatic heterocycles. The minimum Gasteiger partial charge on any atom is -0.492 e. The number of halogens is 1. The van der Waals surface area contributed by atoms with E-state index in [0.29, 0.717) is 12.2 Å². The second-order valence-electron chi connectivity index (χ2n) is 4.76. The van der Waals surface area contributed by atoms with Crippen LogP contribution < -0.4 is 4.74 Å². The van der Waals surface area contributed by atoms with Crippen LogP contribution in [0.4, 0.5) is 0 Å². The number of hydrogen-bond donors (Lipinski definition) is 0. The molecule has 0 radical (unpaired) electrons. The van der Waals surface area contributed by atoms with Gasteiger partial charge in [-0.2, -0.15) is 0 Å². The molecule has 0 bridgehead atoms. The van der Waals surface area contributed by atoms with Crippen molar-refractivity contribution in [2.45, 2.75) is 32.8 Å². The SMILES string of the molecule is COC(C)(C)CCOc1ccc(C(C)=O)cc1Br. The fourth-order valence-corrected chi connectivity index (χ4v) is 1.84. The van der Waals surface area contributed by atoms with Crippen LogP contribution in [0.1, 0.15) is 37.6 Å². The summed E-state index contributed by atoms with van der Waals surface area (Å²) in [6.45, 7) is 6.15. The highest BCUT2D eigenvalue weighted by Gasteiger charge is 2.16. The Morgan fingerprint density at radius 3 is 2.56 bits per heavy atom. The van der Waals surface area contributed by atoms with Gasteiger partial charge in [-0.15, -0.1) is 0 Å². The van der Waals surface area contributed by atoms with Gasteiger partial charge in [0.05, 0.1) is 16.7 Å². The van der Waals surface area contributed by atoms with Gasteiger partial charge in [-0.05, 0) is 54.9 Å². The lowest BCUT2D eigenvalue weighted by molar-refractivity contribution is 0.00539. The van der Waals surface area contributed by atoms with Crippen molar-refractivity contribution in [1.29, 1.82) is 0 Å². The summed E-state index contributed by atoms with van der Waals surface area (Å²) in [4.78, 5) is 11.2. The molecule has 0 amide bonds. The average molecular weight is 315 g/mol. The van der Waals surface area contributed by atoms with Crippen molar-refractivity contribution in [1.82, 2.24) is 0 Å². The minimum atomic E-state index is -0.189. The third-order valence-electron chi connectivity index (χ3n) is 2.85. The third kappa shape index (κ3) is 4.42. The van der Waals surface area contributed by atoms with Gasteiger partial charge in [-0.1, -0.05) is 0 Å². The van der Waals surface area contributed by atoms with E-state index in [0.717, 1.165) is 16.6 Å². The van der Waals surface area contributed by atoms with E-state index in [1.807, 2.05) is 13.8 Å². The summed E-state index contributed by atoms with van der Waals surface area (Å²) in [5.41, 5.74) is 0.484. The molecule has 3 nitrogen and oxygen atoms in total. The molecular weight excluding hydrogens is 296 g/mol. The van der Waals surface area contributed by atoms with Crippen molar-refractivity contribution < 1.29 is 14.3 Å². The van der Waals surface area contributed by atoms with E-state index in [4.69, 9.17) is 9.47 Å². The van der Waals surface area contributed by atoms with E-state index in [1.54, 1.807) is 32.2 Å². The van der Waals surface area contributed by atoms with E-state index in [-0.39, 0.29) is 11.4 Å². The summed E-state index contributed by atoms with van der Waals surface area (Å²) in [5, 5.41) is 0. The van der Waals surface area contributed by atoms with Gasteiger partial charge in [0.2, 0.25) is 0 Å². The van der Waals surface area contributed by atoms with Crippen molar-refractivity contribution in [3.8, 4) is 5.75 Å². The second-order valence-corrected chi connectivity index (χ2v) is 5.62. The Labute approximate surface area is 117 Å². The van der Waals surface area contributed by atoms with Gasteiger partial charge >= 0.3 is 0 Å². The lowest BCUT2D eigenvalue weighted by Crippen LogP contribution is -2.25. The number of ether oxygens (including phenoxy) is 2. The standard InChI is InChI=1S/C14H19BrO3/c1-10(16)11-5-6-13(12(15)9-11)18-8-7-14(2,3)17-4/h5-6,9H,7-8H2,1-4H3. The van der Waals surface area contributed by atoms with E-state index in [1.165, 1.54) is 0 Å². The normalized spacial score (nSPS) is 11.4. The van der Waals surface area contributed by atoms with Crippen LogP contribution in [-0.4, -0.2) is 25.1 Å². The number of Topliss-reactive ketones (excluding diaryl/α,β-unsaturated/α-hetero) is 1. The molecule has 0 fully saturated rings. The Kier molecular flexibility index (Phi) is 5.35. The topological polar surface area (TPSA) is 35.5 Å². The van der Waals surface area contributed by atoms with Gasteiger partial charge < -0.3 is 9.47 Å². The smallest absolute Gasteiger partial charge is 0.159 e. The Balaban J connectivity index is 2.61. The molecule has 0 spiro atoms. The minimum absolute atomic E-state index is 0.0442. The van der Waals surface area contributed by atoms with Gasteiger partial charge in [-0.3, -0.25) is 4.79 Å². The van der Waals surface area contributed by atoms with Crippen LogP contribution in [0.5, 0.6) is 5.75 Å². The van der Waals surface area contributed by atoms with Gasteiger partial charge in [0.15, 0.2) is 5.78 Å². The van der Waals surface area contributed by atoms with Crippen molar-refractivity contribution in [2.75, 3.05) is 13.7 Å². The average Bonchev–Trinajstić information content (AvgIpc) is 2.31. The fourth-order valence-electron chi connectivity index (χ4n) is 1.35. The summed E-state index contributed by atoms with van der Waals surface area (Å²) in [6, 6.07) is 5.35. The molecule has 0 N–H and O–H groups in total. The van der Waals surface area contributed by atoms with Crippen molar-refractivity contribution >= 4 is 21.7 Å². The Bertz CT molecular complexity index is 427. The predicted molar refractivity (Wildman–Crippen MR) is 75.3 cm³/mol. The first kappa shape index (κ1) is 15.2.